The van der Waals surface area contributed by atoms with E-state index in [2.05, 4.69) is 53.4 Å². The van der Waals surface area contributed by atoms with Crippen molar-refractivity contribution in [2.75, 3.05) is 18.2 Å². The molecule has 0 fully saturated rings. The highest BCUT2D eigenvalue weighted by atomic mass is 32.2. The summed E-state index contributed by atoms with van der Waals surface area (Å²) < 4.78 is 4.74. The molecule has 0 atom stereocenters. The lowest BCUT2D eigenvalue weighted by Gasteiger charge is -2.18. The van der Waals surface area contributed by atoms with Gasteiger partial charge in [0.2, 0.25) is 11.1 Å². The van der Waals surface area contributed by atoms with E-state index >= 15 is 0 Å². The Balaban J connectivity index is 1.61. The number of benzene rings is 2. The summed E-state index contributed by atoms with van der Waals surface area (Å²) in [5.74, 6) is -0.0169. The fraction of sp³-hybridized carbons (Fsp3) is 0.273. The topological polar surface area (TPSA) is 97.0 Å². The molecule has 0 saturated carbocycles. The van der Waals surface area contributed by atoms with Crippen LogP contribution in [0.2, 0.25) is 0 Å². The maximum absolute atomic E-state index is 12.3. The Morgan fingerprint density at radius 1 is 1.10 bits per heavy atom. The average molecular weight is 425 g/mol. The van der Waals surface area contributed by atoms with E-state index in [4.69, 9.17) is 4.74 Å². The van der Waals surface area contributed by atoms with E-state index in [1.807, 2.05) is 12.1 Å². The highest BCUT2D eigenvalue weighted by Crippen LogP contribution is 2.25. The molecule has 3 aromatic rings. The number of esters is 1. The van der Waals surface area contributed by atoms with Crippen molar-refractivity contribution in [2.24, 2.45) is 0 Å². The smallest absolute Gasteiger partial charge is 0.339 e. The van der Waals surface area contributed by atoms with Crippen LogP contribution in [0.25, 0.3) is 11.4 Å². The third-order valence-corrected chi connectivity index (χ3v) is 5.28. The lowest BCUT2D eigenvalue weighted by molar-refractivity contribution is -0.113. The number of thioether (sulfide) groups is 1. The number of methoxy groups -OCH3 is 1. The lowest BCUT2D eigenvalue weighted by atomic mass is 9.87. The molecule has 1 amide bonds. The summed E-state index contributed by atoms with van der Waals surface area (Å²) in [4.78, 5) is 28.6. The Morgan fingerprint density at radius 2 is 1.80 bits per heavy atom. The van der Waals surface area contributed by atoms with Crippen LogP contribution >= 0.6 is 11.8 Å². The van der Waals surface area contributed by atoms with Gasteiger partial charge < -0.3 is 10.1 Å². The molecule has 0 aliphatic heterocycles. The highest BCUT2D eigenvalue weighted by Gasteiger charge is 2.16. The van der Waals surface area contributed by atoms with Crippen molar-refractivity contribution in [3.05, 3.63) is 59.7 Å². The normalized spacial score (nSPS) is 11.2. The molecule has 3 rings (SSSR count). The molecular formula is C22H24N4O3S. The predicted octanol–water partition coefficient (Wildman–Crippen LogP) is 4.29. The van der Waals surface area contributed by atoms with Crippen LogP contribution in [0.5, 0.6) is 0 Å². The molecule has 7 nitrogen and oxygen atoms in total. The molecule has 1 heterocycles. The predicted molar refractivity (Wildman–Crippen MR) is 118 cm³/mol. The quantitative estimate of drug-likeness (QED) is 0.453. The van der Waals surface area contributed by atoms with Gasteiger partial charge >= 0.3 is 5.97 Å². The van der Waals surface area contributed by atoms with Crippen LogP contribution in [0.3, 0.4) is 0 Å². The van der Waals surface area contributed by atoms with Gasteiger partial charge in [0.05, 0.1) is 24.1 Å². The van der Waals surface area contributed by atoms with E-state index in [0.717, 1.165) is 5.56 Å². The summed E-state index contributed by atoms with van der Waals surface area (Å²) in [6.07, 6.45) is 0. The third-order valence-electron chi connectivity index (χ3n) is 4.43. The second-order valence-electron chi connectivity index (χ2n) is 7.67. The zero-order valence-electron chi connectivity index (χ0n) is 17.4. The van der Waals surface area contributed by atoms with E-state index in [1.165, 1.54) is 24.4 Å². The first-order valence-corrected chi connectivity index (χ1v) is 10.4. The Hall–Kier alpha value is -3.13. The van der Waals surface area contributed by atoms with Gasteiger partial charge in [-0.1, -0.05) is 68.9 Å². The average Bonchev–Trinajstić information content (AvgIpc) is 3.21. The lowest BCUT2D eigenvalue weighted by Crippen LogP contribution is -2.17. The van der Waals surface area contributed by atoms with E-state index in [-0.39, 0.29) is 17.1 Å². The van der Waals surface area contributed by atoms with Gasteiger partial charge in [-0.05, 0) is 23.1 Å². The summed E-state index contributed by atoms with van der Waals surface area (Å²) in [7, 11) is 1.30. The van der Waals surface area contributed by atoms with Gasteiger partial charge in [0.1, 0.15) is 0 Å². The number of anilines is 1. The minimum absolute atomic E-state index is 0.0841. The van der Waals surface area contributed by atoms with Crippen LogP contribution in [0.1, 0.15) is 36.7 Å². The van der Waals surface area contributed by atoms with E-state index in [1.54, 1.807) is 24.3 Å². The number of nitrogens with one attached hydrogen (secondary N) is 2. The Morgan fingerprint density at radius 3 is 2.47 bits per heavy atom. The first-order chi connectivity index (χ1) is 14.3. The van der Waals surface area contributed by atoms with Crippen LogP contribution in [0.4, 0.5) is 5.69 Å². The molecule has 0 saturated heterocycles. The fourth-order valence-corrected chi connectivity index (χ4v) is 3.36. The Labute approximate surface area is 179 Å². The van der Waals surface area contributed by atoms with Gasteiger partial charge in [-0.2, -0.15) is 0 Å². The zero-order valence-corrected chi connectivity index (χ0v) is 18.2. The van der Waals surface area contributed by atoms with Gasteiger partial charge in [-0.15, -0.1) is 5.10 Å². The third kappa shape index (κ3) is 5.27. The largest absolute Gasteiger partial charge is 0.465 e. The van der Waals surface area contributed by atoms with Gasteiger partial charge in [-0.3, -0.25) is 9.89 Å². The standard InChI is InChI=1S/C22H24N4O3S/c1-22(2,3)15-11-9-14(10-12-15)19-24-21(26-25-19)30-13-18(27)23-17-8-6-5-7-16(17)20(28)29-4/h5-12H,13H2,1-4H3,(H,23,27)(H,24,25,26). The molecule has 156 valence electrons. The van der Waals surface area contributed by atoms with Gasteiger partial charge in [0.25, 0.3) is 0 Å². The van der Waals surface area contributed by atoms with E-state index in [9.17, 15) is 9.59 Å². The van der Waals surface area contributed by atoms with Gasteiger partial charge in [0.15, 0.2) is 5.82 Å². The van der Waals surface area contributed by atoms with Crippen LogP contribution in [-0.4, -0.2) is 39.9 Å². The second-order valence-corrected chi connectivity index (χ2v) is 8.61. The zero-order chi connectivity index (χ0) is 21.7. The van der Waals surface area contributed by atoms with Crippen LogP contribution in [-0.2, 0) is 14.9 Å². The Kier molecular flexibility index (Phi) is 6.56. The van der Waals surface area contributed by atoms with Crippen molar-refractivity contribution < 1.29 is 14.3 Å². The first kappa shape index (κ1) is 21.6. The van der Waals surface area contributed by atoms with Crippen molar-refractivity contribution >= 4 is 29.3 Å². The molecule has 0 aliphatic carbocycles. The molecule has 2 N–H and O–H groups in total. The summed E-state index contributed by atoms with van der Waals surface area (Å²) in [5, 5.41) is 10.3. The van der Waals surface area contributed by atoms with Crippen molar-refractivity contribution in [2.45, 2.75) is 31.3 Å². The van der Waals surface area contributed by atoms with Crippen LogP contribution < -0.4 is 5.32 Å². The number of aromatic amines is 1. The fourth-order valence-electron chi connectivity index (χ4n) is 2.76. The summed E-state index contributed by atoms with van der Waals surface area (Å²) >= 11 is 1.21. The number of hydrogen-bond donors (Lipinski definition) is 2. The molecule has 30 heavy (non-hydrogen) atoms. The van der Waals surface area contributed by atoms with Gasteiger partial charge in [-0.25, -0.2) is 9.78 Å². The molecule has 1 aromatic heterocycles. The summed E-state index contributed by atoms with van der Waals surface area (Å²) in [6, 6.07) is 14.9. The maximum Gasteiger partial charge on any atom is 0.339 e. The van der Waals surface area contributed by atoms with Crippen molar-refractivity contribution in [1.82, 2.24) is 15.2 Å². The molecule has 2 aromatic carbocycles. The molecule has 8 heteroatoms. The molecular weight excluding hydrogens is 400 g/mol. The molecule has 0 spiro atoms. The van der Waals surface area contributed by atoms with E-state index < -0.39 is 5.97 Å². The molecule has 0 aliphatic rings. The number of ether oxygens (including phenoxy) is 1. The van der Waals surface area contributed by atoms with Crippen molar-refractivity contribution in [1.29, 1.82) is 0 Å². The van der Waals surface area contributed by atoms with Crippen LogP contribution in [0.15, 0.2) is 53.7 Å². The number of carbonyl (C=O) groups is 2. The van der Waals surface area contributed by atoms with Crippen LogP contribution in [0, 0.1) is 0 Å². The summed E-state index contributed by atoms with van der Waals surface area (Å²) in [6.45, 7) is 6.50. The minimum Gasteiger partial charge on any atom is -0.465 e. The van der Waals surface area contributed by atoms with Crippen molar-refractivity contribution in [3.8, 4) is 11.4 Å². The number of amides is 1. The number of hydrogen-bond acceptors (Lipinski definition) is 6. The number of aromatic nitrogens is 3. The first-order valence-electron chi connectivity index (χ1n) is 9.41. The minimum atomic E-state index is -0.505. The SMILES string of the molecule is COC(=O)c1ccccc1NC(=O)CSc1n[nH]c(-c2ccc(C(C)(C)C)cc2)n1. The molecule has 0 bridgehead atoms. The highest BCUT2D eigenvalue weighted by molar-refractivity contribution is 7.99. The Bertz CT molecular complexity index is 1040. The second kappa shape index (κ2) is 9.13. The summed E-state index contributed by atoms with van der Waals surface area (Å²) in [5.41, 5.74) is 2.96. The number of para-hydroxylation sites is 1. The van der Waals surface area contributed by atoms with Crippen molar-refractivity contribution in [3.63, 3.8) is 0 Å². The molecule has 0 unspecified atom stereocenters. The monoisotopic (exact) mass is 424 g/mol. The number of rotatable bonds is 6. The number of H-pyrrole nitrogens is 1. The van der Waals surface area contributed by atoms with Gasteiger partial charge in [0, 0.05) is 5.56 Å². The number of nitrogens with zero attached hydrogens (tertiary/aromatic N) is 2. The molecule has 0 radical (unpaired) electrons. The van der Waals surface area contributed by atoms with E-state index in [0.29, 0.717) is 22.2 Å². The maximum atomic E-state index is 12.3. The number of carbonyl (C=O) groups excluding carboxylic acids is 2.